The first-order valence-corrected chi connectivity index (χ1v) is 8.79. The van der Waals surface area contributed by atoms with Crippen LogP contribution in [0.25, 0.3) is 0 Å². The number of nitrogens with two attached hydrogens (primary N) is 1. The van der Waals surface area contributed by atoms with Gasteiger partial charge >= 0.3 is 0 Å². The number of sulfonamides is 1. The SMILES string of the molecule is CCc1ccccc1NS(=O)(=O)c1cc(Br)cc(N)c1C. The van der Waals surface area contributed by atoms with Gasteiger partial charge in [0, 0.05) is 10.2 Å². The number of hydrogen-bond donors (Lipinski definition) is 2. The number of anilines is 2. The zero-order chi connectivity index (χ0) is 15.6. The van der Waals surface area contributed by atoms with Crippen molar-refractivity contribution in [1.82, 2.24) is 0 Å². The van der Waals surface area contributed by atoms with E-state index in [0.717, 1.165) is 12.0 Å². The maximum absolute atomic E-state index is 12.6. The maximum Gasteiger partial charge on any atom is 0.262 e. The van der Waals surface area contributed by atoms with Crippen LogP contribution in [0, 0.1) is 6.92 Å². The molecular weight excluding hydrogens is 352 g/mol. The van der Waals surface area contributed by atoms with Crippen LogP contribution < -0.4 is 10.5 Å². The van der Waals surface area contributed by atoms with Crippen LogP contribution in [0.5, 0.6) is 0 Å². The van der Waals surface area contributed by atoms with Gasteiger partial charge in [0.2, 0.25) is 0 Å². The Bertz CT molecular complexity index is 773. The third-order valence-corrected chi connectivity index (χ3v) is 5.25. The standard InChI is InChI=1S/C15H17BrN2O2S/c1-3-11-6-4-5-7-14(11)18-21(19,20)15-9-12(16)8-13(17)10(15)2/h4-9,18H,3,17H2,1-2H3. The molecule has 0 heterocycles. The van der Waals surface area contributed by atoms with Gasteiger partial charge < -0.3 is 5.73 Å². The molecule has 2 aromatic rings. The van der Waals surface area contributed by atoms with Gasteiger partial charge in [-0.05, 0) is 42.7 Å². The Kier molecular flexibility index (Phi) is 4.58. The van der Waals surface area contributed by atoms with Gasteiger partial charge in [-0.3, -0.25) is 4.72 Å². The molecule has 6 heteroatoms. The van der Waals surface area contributed by atoms with Crippen LogP contribution in [-0.4, -0.2) is 8.42 Å². The van der Waals surface area contributed by atoms with Crippen molar-refractivity contribution in [1.29, 1.82) is 0 Å². The summed E-state index contributed by atoms with van der Waals surface area (Å²) in [5.41, 5.74) is 8.37. The predicted octanol–water partition coefficient (Wildman–Crippen LogP) is 3.70. The Morgan fingerprint density at radius 2 is 1.90 bits per heavy atom. The molecule has 0 saturated carbocycles. The minimum atomic E-state index is -3.68. The molecule has 0 radical (unpaired) electrons. The summed E-state index contributed by atoms with van der Waals surface area (Å²) in [7, 11) is -3.68. The Balaban J connectivity index is 2.49. The van der Waals surface area contributed by atoms with Crippen LogP contribution in [0.2, 0.25) is 0 Å². The highest BCUT2D eigenvalue weighted by atomic mass is 79.9. The van der Waals surface area contributed by atoms with Gasteiger partial charge in [0.25, 0.3) is 10.0 Å². The number of benzene rings is 2. The molecule has 0 aliphatic heterocycles. The molecule has 0 amide bonds. The van der Waals surface area contributed by atoms with E-state index in [1.165, 1.54) is 0 Å². The largest absolute Gasteiger partial charge is 0.398 e. The molecule has 0 saturated heterocycles. The van der Waals surface area contributed by atoms with E-state index in [-0.39, 0.29) is 4.90 Å². The molecule has 0 unspecified atom stereocenters. The third kappa shape index (κ3) is 3.39. The number of rotatable bonds is 4. The van der Waals surface area contributed by atoms with Gasteiger partial charge in [-0.1, -0.05) is 41.1 Å². The van der Waals surface area contributed by atoms with Crippen molar-refractivity contribution in [3.05, 3.63) is 52.0 Å². The lowest BCUT2D eigenvalue weighted by molar-refractivity contribution is 0.600. The lowest BCUT2D eigenvalue weighted by atomic mass is 10.1. The van der Waals surface area contributed by atoms with Gasteiger partial charge in [-0.15, -0.1) is 0 Å². The summed E-state index contributed by atoms with van der Waals surface area (Å²) in [6.45, 7) is 3.68. The summed E-state index contributed by atoms with van der Waals surface area (Å²) >= 11 is 3.28. The van der Waals surface area contributed by atoms with Crippen molar-refractivity contribution in [2.24, 2.45) is 0 Å². The molecular formula is C15H17BrN2O2S. The van der Waals surface area contributed by atoms with Gasteiger partial charge in [-0.25, -0.2) is 8.42 Å². The second kappa shape index (κ2) is 6.07. The first-order valence-electron chi connectivity index (χ1n) is 6.51. The second-order valence-corrected chi connectivity index (χ2v) is 7.30. The Hall–Kier alpha value is -1.53. The fraction of sp³-hybridized carbons (Fsp3) is 0.200. The number of aryl methyl sites for hydroxylation is 1. The summed E-state index contributed by atoms with van der Waals surface area (Å²) < 4.78 is 28.5. The Morgan fingerprint density at radius 1 is 1.24 bits per heavy atom. The monoisotopic (exact) mass is 368 g/mol. The van der Waals surface area contributed by atoms with Gasteiger partial charge in [0.05, 0.1) is 10.6 Å². The topological polar surface area (TPSA) is 72.2 Å². The number of nitrogens with one attached hydrogen (secondary N) is 1. The molecule has 2 rings (SSSR count). The van der Waals surface area contributed by atoms with Crippen molar-refractivity contribution in [3.8, 4) is 0 Å². The van der Waals surface area contributed by atoms with Crippen molar-refractivity contribution in [3.63, 3.8) is 0 Å². The second-order valence-electron chi connectivity index (χ2n) is 4.73. The Labute approximate surface area is 133 Å². The van der Waals surface area contributed by atoms with Crippen molar-refractivity contribution in [2.45, 2.75) is 25.2 Å². The molecule has 0 fully saturated rings. The van der Waals surface area contributed by atoms with Gasteiger partial charge in [-0.2, -0.15) is 0 Å². The molecule has 0 atom stereocenters. The summed E-state index contributed by atoms with van der Waals surface area (Å²) in [6, 6.07) is 10.6. The van der Waals surface area contributed by atoms with E-state index in [4.69, 9.17) is 5.73 Å². The normalized spacial score (nSPS) is 11.4. The molecule has 21 heavy (non-hydrogen) atoms. The first-order chi connectivity index (χ1) is 9.85. The van der Waals surface area contributed by atoms with Crippen LogP contribution in [0.3, 0.4) is 0 Å². The minimum absolute atomic E-state index is 0.181. The zero-order valence-corrected chi connectivity index (χ0v) is 14.3. The maximum atomic E-state index is 12.6. The van der Waals surface area contributed by atoms with Gasteiger partial charge in [0.1, 0.15) is 0 Å². The lowest BCUT2D eigenvalue weighted by Crippen LogP contribution is -2.16. The van der Waals surface area contributed by atoms with Crippen molar-refractivity contribution < 1.29 is 8.42 Å². The van der Waals surface area contributed by atoms with Gasteiger partial charge in [0.15, 0.2) is 0 Å². The third-order valence-electron chi connectivity index (χ3n) is 3.30. The van der Waals surface area contributed by atoms with E-state index in [0.29, 0.717) is 21.4 Å². The van der Waals surface area contributed by atoms with Crippen LogP contribution in [0.1, 0.15) is 18.1 Å². The molecule has 3 N–H and O–H groups in total. The highest BCUT2D eigenvalue weighted by Gasteiger charge is 2.20. The summed E-state index contributed by atoms with van der Waals surface area (Å²) in [5.74, 6) is 0. The van der Waals surface area contributed by atoms with E-state index in [1.54, 1.807) is 31.2 Å². The fourth-order valence-electron chi connectivity index (χ4n) is 2.08. The fourth-order valence-corrected chi connectivity index (χ4v) is 4.11. The number of halogens is 1. The molecule has 0 spiro atoms. The zero-order valence-electron chi connectivity index (χ0n) is 11.9. The quantitative estimate of drug-likeness (QED) is 0.808. The molecule has 0 aliphatic rings. The highest BCUT2D eigenvalue weighted by Crippen LogP contribution is 2.28. The van der Waals surface area contributed by atoms with E-state index < -0.39 is 10.0 Å². The molecule has 2 aromatic carbocycles. The first kappa shape index (κ1) is 15.9. The average Bonchev–Trinajstić information content (AvgIpc) is 2.43. The van der Waals surface area contributed by atoms with Crippen LogP contribution >= 0.6 is 15.9 Å². The summed E-state index contributed by atoms with van der Waals surface area (Å²) in [6.07, 6.45) is 0.748. The number of nitrogen functional groups attached to an aromatic ring is 1. The van der Waals surface area contributed by atoms with E-state index in [2.05, 4.69) is 20.7 Å². The molecule has 4 nitrogen and oxygen atoms in total. The van der Waals surface area contributed by atoms with Crippen molar-refractivity contribution in [2.75, 3.05) is 10.5 Å². The summed E-state index contributed by atoms with van der Waals surface area (Å²) in [4.78, 5) is 0.181. The smallest absolute Gasteiger partial charge is 0.262 e. The van der Waals surface area contributed by atoms with Crippen molar-refractivity contribution >= 4 is 37.3 Å². The molecule has 112 valence electrons. The number of hydrogen-bond acceptors (Lipinski definition) is 3. The van der Waals surface area contributed by atoms with E-state index in [9.17, 15) is 8.42 Å². The number of para-hydroxylation sites is 1. The highest BCUT2D eigenvalue weighted by molar-refractivity contribution is 9.10. The van der Waals surface area contributed by atoms with Crippen LogP contribution in [-0.2, 0) is 16.4 Å². The van der Waals surface area contributed by atoms with Crippen LogP contribution in [0.15, 0.2) is 45.8 Å². The lowest BCUT2D eigenvalue weighted by Gasteiger charge is -2.14. The van der Waals surface area contributed by atoms with E-state index in [1.807, 2.05) is 19.1 Å². The minimum Gasteiger partial charge on any atom is -0.398 e. The summed E-state index contributed by atoms with van der Waals surface area (Å²) in [5, 5.41) is 0. The Morgan fingerprint density at radius 3 is 2.57 bits per heavy atom. The predicted molar refractivity (Wildman–Crippen MR) is 89.9 cm³/mol. The molecule has 0 aliphatic carbocycles. The molecule has 0 aromatic heterocycles. The van der Waals surface area contributed by atoms with E-state index >= 15 is 0 Å². The average molecular weight is 369 g/mol. The van der Waals surface area contributed by atoms with Crippen LogP contribution in [0.4, 0.5) is 11.4 Å². The molecule has 0 bridgehead atoms.